The standard InChI is InChI=1S/C20H23N5O2/c1-3-24(15-20(26)21-16-8-7-11-19(12-16)27-2)13-17-14-25(23-22-17)18-9-5-4-6-10-18/h4-12,14H,3,13,15H2,1-2H3,(H,21,26). The van der Waals surface area contributed by atoms with E-state index in [4.69, 9.17) is 4.74 Å². The minimum Gasteiger partial charge on any atom is -0.497 e. The van der Waals surface area contributed by atoms with Gasteiger partial charge in [0.1, 0.15) is 5.75 Å². The number of anilines is 1. The normalized spacial score (nSPS) is 10.8. The van der Waals surface area contributed by atoms with E-state index in [1.54, 1.807) is 17.9 Å². The molecular formula is C20H23N5O2. The Hall–Kier alpha value is -3.19. The van der Waals surface area contributed by atoms with Crippen molar-refractivity contribution in [3.8, 4) is 11.4 Å². The lowest BCUT2D eigenvalue weighted by atomic mass is 10.3. The van der Waals surface area contributed by atoms with Crippen LogP contribution < -0.4 is 10.1 Å². The fourth-order valence-electron chi connectivity index (χ4n) is 2.69. The van der Waals surface area contributed by atoms with Crippen molar-refractivity contribution < 1.29 is 9.53 Å². The molecule has 0 bridgehead atoms. The molecule has 3 rings (SSSR count). The molecule has 1 heterocycles. The maximum absolute atomic E-state index is 12.4. The molecular weight excluding hydrogens is 342 g/mol. The summed E-state index contributed by atoms with van der Waals surface area (Å²) < 4.78 is 6.91. The fraction of sp³-hybridized carbons (Fsp3) is 0.250. The Morgan fingerprint density at radius 3 is 2.74 bits per heavy atom. The van der Waals surface area contributed by atoms with Gasteiger partial charge in [-0.25, -0.2) is 4.68 Å². The van der Waals surface area contributed by atoms with Gasteiger partial charge in [-0.1, -0.05) is 36.4 Å². The number of carbonyl (C=O) groups excluding carboxylic acids is 1. The second-order valence-corrected chi connectivity index (χ2v) is 6.07. The predicted molar refractivity (Wildman–Crippen MR) is 104 cm³/mol. The molecule has 0 radical (unpaired) electrons. The Morgan fingerprint density at radius 2 is 2.00 bits per heavy atom. The second kappa shape index (κ2) is 8.95. The molecule has 27 heavy (non-hydrogen) atoms. The lowest BCUT2D eigenvalue weighted by molar-refractivity contribution is -0.117. The third-order valence-corrected chi connectivity index (χ3v) is 4.12. The Kier molecular flexibility index (Phi) is 6.17. The van der Waals surface area contributed by atoms with Gasteiger partial charge in [0.05, 0.1) is 31.2 Å². The Labute approximate surface area is 158 Å². The van der Waals surface area contributed by atoms with E-state index in [9.17, 15) is 4.79 Å². The topological polar surface area (TPSA) is 72.3 Å². The summed E-state index contributed by atoms with van der Waals surface area (Å²) in [5, 5.41) is 11.3. The summed E-state index contributed by atoms with van der Waals surface area (Å²) in [6, 6.07) is 17.1. The van der Waals surface area contributed by atoms with Crippen molar-refractivity contribution in [1.29, 1.82) is 0 Å². The van der Waals surface area contributed by atoms with Gasteiger partial charge in [0.15, 0.2) is 0 Å². The molecule has 1 N–H and O–H groups in total. The molecule has 7 nitrogen and oxygen atoms in total. The van der Waals surface area contributed by atoms with Crippen molar-refractivity contribution in [2.45, 2.75) is 13.5 Å². The van der Waals surface area contributed by atoms with Gasteiger partial charge in [-0.15, -0.1) is 5.10 Å². The number of nitrogens with zero attached hydrogens (tertiary/aromatic N) is 4. The van der Waals surface area contributed by atoms with E-state index in [1.807, 2.05) is 66.6 Å². The minimum atomic E-state index is -0.0828. The predicted octanol–water partition coefficient (Wildman–Crippen LogP) is 2.74. The van der Waals surface area contributed by atoms with E-state index < -0.39 is 0 Å². The summed E-state index contributed by atoms with van der Waals surface area (Å²) in [5.41, 5.74) is 2.48. The van der Waals surface area contributed by atoms with Gasteiger partial charge in [-0.05, 0) is 30.8 Å². The maximum atomic E-state index is 12.4. The van der Waals surface area contributed by atoms with Crippen LogP contribution in [0.1, 0.15) is 12.6 Å². The third-order valence-electron chi connectivity index (χ3n) is 4.12. The van der Waals surface area contributed by atoms with Crippen molar-refractivity contribution in [2.24, 2.45) is 0 Å². The zero-order valence-corrected chi connectivity index (χ0v) is 15.5. The number of amides is 1. The maximum Gasteiger partial charge on any atom is 0.238 e. The van der Waals surface area contributed by atoms with Gasteiger partial charge < -0.3 is 10.1 Å². The van der Waals surface area contributed by atoms with Gasteiger partial charge >= 0.3 is 0 Å². The molecule has 0 aliphatic heterocycles. The summed E-state index contributed by atoms with van der Waals surface area (Å²) in [6.07, 6.45) is 1.89. The van der Waals surface area contributed by atoms with Crippen molar-refractivity contribution in [1.82, 2.24) is 19.9 Å². The van der Waals surface area contributed by atoms with Crippen LogP contribution in [0, 0.1) is 0 Å². The number of methoxy groups -OCH3 is 1. The summed E-state index contributed by atoms with van der Waals surface area (Å²) in [7, 11) is 1.60. The second-order valence-electron chi connectivity index (χ2n) is 6.07. The Balaban J connectivity index is 1.59. The zero-order chi connectivity index (χ0) is 19.1. The van der Waals surface area contributed by atoms with Crippen LogP contribution in [0.3, 0.4) is 0 Å². The van der Waals surface area contributed by atoms with Crippen LogP contribution in [0.25, 0.3) is 5.69 Å². The number of hydrogen-bond donors (Lipinski definition) is 1. The average Bonchev–Trinajstić information content (AvgIpc) is 3.16. The van der Waals surface area contributed by atoms with Gasteiger partial charge in [0.2, 0.25) is 5.91 Å². The highest BCUT2D eigenvalue weighted by Crippen LogP contribution is 2.16. The van der Waals surface area contributed by atoms with Crippen LogP contribution >= 0.6 is 0 Å². The summed E-state index contributed by atoms with van der Waals surface area (Å²) in [5.74, 6) is 0.623. The van der Waals surface area contributed by atoms with Crippen LogP contribution in [0.2, 0.25) is 0 Å². The van der Waals surface area contributed by atoms with E-state index in [-0.39, 0.29) is 12.5 Å². The zero-order valence-electron chi connectivity index (χ0n) is 15.5. The number of benzene rings is 2. The quantitative estimate of drug-likeness (QED) is 0.665. The van der Waals surface area contributed by atoms with Crippen molar-refractivity contribution in [2.75, 3.05) is 25.5 Å². The number of carbonyl (C=O) groups is 1. The van der Waals surface area contributed by atoms with Crippen LogP contribution in [-0.2, 0) is 11.3 Å². The molecule has 0 atom stereocenters. The first-order valence-corrected chi connectivity index (χ1v) is 8.81. The Morgan fingerprint density at radius 1 is 1.19 bits per heavy atom. The molecule has 140 valence electrons. The molecule has 0 aliphatic carbocycles. The monoisotopic (exact) mass is 365 g/mol. The molecule has 7 heteroatoms. The molecule has 0 saturated carbocycles. The highest BCUT2D eigenvalue weighted by molar-refractivity contribution is 5.92. The van der Waals surface area contributed by atoms with E-state index in [0.717, 1.165) is 17.9 Å². The van der Waals surface area contributed by atoms with Crippen LogP contribution in [0.5, 0.6) is 5.75 Å². The number of hydrogen-bond acceptors (Lipinski definition) is 5. The van der Waals surface area contributed by atoms with Gasteiger partial charge in [-0.2, -0.15) is 0 Å². The first-order valence-electron chi connectivity index (χ1n) is 8.81. The molecule has 1 amide bonds. The third kappa shape index (κ3) is 5.15. The first-order chi connectivity index (χ1) is 13.2. The van der Waals surface area contributed by atoms with Crippen LogP contribution in [0.15, 0.2) is 60.8 Å². The number of ether oxygens (including phenoxy) is 1. The molecule has 3 aromatic rings. The SMILES string of the molecule is CCN(CC(=O)Nc1cccc(OC)c1)Cc1cn(-c2ccccc2)nn1. The summed E-state index contributed by atoms with van der Waals surface area (Å²) >= 11 is 0. The highest BCUT2D eigenvalue weighted by atomic mass is 16.5. The van der Waals surface area contributed by atoms with Gasteiger partial charge in [0, 0.05) is 18.3 Å². The molecule has 0 aliphatic rings. The number of rotatable bonds is 8. The smallest absolute Gasteiger partial charge is 0.238 e. The van der Waals surface area contributed by atoms with Gasteiger partial charge in [0.25, 0.3) is 0 Å². The average molecular weight is 365 g/mol. The lowest BCUT2D eigenvalue weighted by Crippen LogP contribution is -2.32. The summed E-state index contributed by atoms with van der Waals surface area (Å²) in [6.45, 7) is 3.56. The van der Waals surface area contributed by atoms with E-state index in [1.165, 1.54) is 0 Å². The molecule has 0 unspecified atom stereocenters. The Bertz CT molecular complexity index is 879. The molecule has 2 aromatic carbocycles. The van der Waals surface area contributed by atoms with Crippen molar-refractivity contribution in [3.63, 3.8) is 0 Å². The summed E-state index contributed by atoms with van der Waals surface area (Å²) in [4.78, 5) is 14.4. The van der Waals surface area contributed by atoms with E-state index >= 15 is 0 Å². The number of nitrogens with one attached hydrogen (secondary N) is 1. The highest BCUT2D eigenvalue weighted by Gasteiger charge is 2.13. The lowest BCUT2D eigenvalue weighted by Gasteiger charge is -2.18. The van der Waals surface area contributed by atoms with Gasteiger partial charge in [-0.3, -0.25) is 9.69 Å². The minimum absolute atomic E-state index is 0.0828. The largest absolute Gasteiger partial charge is 0.497 e. The van der Waals surface area contributed by atoms with Crippen molar-refractivity contribution in [3.05, 3.63) is 66.5 Å². The number of aromatic nitrogens is 3. The van der Waals surface area contributed by atoms with Crippen LogP contribution in [0.4, 0.5) is 5.69 Å². The van der Waals surface area contributed by atoms with E-state index in [0.29, 0.717) is 18.0 Å². The molecule has 1 aromatic heterocycles. The van der Waals surface area contributed by atoms with Crippen molar-refractivity contribution >= 4 is 11.6 Å². The fourth-order valence-corrected chi connectivity index (χ4v) is 2.69. The first kappa shape index (κ1) is 18.6. The molecule has 0 spiro atoms. The van der Waals surface area contributed by atoms with Crippen LogP contribution in [-0.4, -0.2) is 46.0 Å². The number of para-hydroxylation sites is 1. The molecule has 0 fully saturated rings. The molecule has 0 saturated heterocycles. The number of likely N-dealkylation sites (N-methyl/N-ethyl adjacent to an activating group) is 1. The van der Waals surface area contributed by atoms with E-state index in [2.05, 4.69) is 15.6 Å².